The van der Waals surface area contributed by atoms with Gasteiger partial charge in [-0.15, -0.1) is 0 Å². The molecule has 3 N–H and O–H groups in total. The summed E-state index contributed by atoms with van der Waals surface area (Å²) in [5.41, 5.74) is 4.67. The zero-order valence-corrected chi connectivity index (χ0v) is 10.8. The average molecular weight is 274 g/mol. The molecule has 0 aliphatic rings. The van der Waals surface area contributed by atoms with E-state index >= 15 is 0 Å². The van der Waals surface area contributed by atoms with Crippen molar-refractivity contribution in [3.8, 4) is 0 Å². The number of furan rings is 1. The minimum absolute atomic E-state index is 0.264. The van der Waals surface area contributed by atoms with Crippen LogP contribution in [0.2, 0.25) is 5.22 Å². The van der Waals surface area contributed by atoms with Crippen LogP contribution >= 0.6 is 11.6 Å². The molecule has 0 aliphatic carbocycles. The van der Waals surface area contributed by atoms with Crippen LogP contribution in [0.5, 0.6) is 0 Å². The van der Waals surface area contributed by atoms with E-state index in [1.54, 1.807) is 12.3 Å². The van der Waals surface area contributed by atoms with Crippen LogP contribution in [-0.2, 0) is 0 Å². The van der Waals surface area contributed by atoms with E-state index in [0.717, 1.165) is 16.5 Å². The molecule has 5 heteroatoms. The van der Waals surface area contributed by atoms with Crippen molar-refractivity contribution >= 4 is 22.5 Å². The van der Waals surface area contributed by atoms with E-state index in [0.29, 0.717) is 11.0 Å². The Hall–Kier alpha value is -1.88. The summed E-state index contributed by atoms with van der Waals surface area (Å²) in [7, 11) is 0. The lowest BCUT2D eigenvalue weighted by Crippen LogP contribution is -2.28. The van der Waals surface area contributed by atoms with Crippen LogP contribution < -0.4 is 11.3 Å². The highest BCUT2D eigenvalue weighted by Gasteiger charge is 2.18. The highest BCUT2D eigenvalue weighted by atomic mass is 35.5. The van der Waals surface area contributed by atoms with E-state index in [9.17, 15) is 0 Å². The second-order valence-electron chi connectivity index (χ2n) is 4.16. The molecule has 0 amide bonds. The number of fused-ring (bicyclic) bond motifs is 1. The number of hydrazine groups is 1. The minimum atomic E-state index is -0.264. The maximum absolute atomic E-state index is 5.82. The quantitative estimate of drug-likeness (QED) is 0.569. The molecule has 19 heavy (non-hydrogen) atoms. The Bertz CT molecular complexity index is 705. The first kappa shape index (κ1) is 12.2. The SMILES string of the molecule is NNC(c1ccc(Cl)o1)c1cccc2ncccc12. The number of nitrogens with zero attached hydrogens (tertiary/aromatic N) is 1. The number of pyridine rings is 1. The van der Waals surface area contributed by atoms with Crippen molar-refractivity contribution in [3.63, 3.8) is 0 Å². The Morgan fingerprint density at radius 3 is 2.79 bits per heavy atom. The third-order valence-electron chi connectivity index (χ3n) is 3.04. The van der Waals surface area contributed by atoms with Crippen molar-refractivity contribution < 1.29 is 4.42 Å². The lowest BCUT2D eigenvalue weighted by atomic mass is 10.00. The van der Waals surface area contributed by atoms with Gasteiger partial charge in [0.05, 0.1) is 5.52 Å². The monoisotopic (exact) mass is 273 g/mol. The first-order valence-corrected chi connectivity index (χ1v) is 6.22. The van der Waals surface area contributed by atoms with E-state index < -0.39 is 0 Å². The molecule has 2 aromatic heterocycles. The van der Waals surface area contributed by atoms with Crippen LogP contribution in [0, 0.1) is 0 Å². The van der Waals surface area contributed by atoms with Gasteiger partial charge in [0.25, 0.3) is 0 Å². The molecule has 1 atom stereocenters. The van der Waals surface area contributed by atoms with Gasteiger partial charge in [-0.3, -0.25) is 10.8 Å². The molecular formula is C14H12ClN3O. The third-order valence-corrected chi connectivity index (χ3v) is 3.24. The molecular weight excluding hydrogens is 262 g/mol. The lowest BCUT2D eigenvalue weighted by Gasteiger charge is -2.15. The van der Waals surface area contributed by atoms with Gasteiger partial charge in [-0.25, -0.2) is 5.43 Å². The highest BCUT2D eigenvalue weighted by molar-refractivity contribution is 6.28. The number of aromatic nitrogens is 1. The van der Waals surface area contributed by atoms with Crippen LogP contribution in [0.3, 0.4) is 0 Å². The molecule has 0 fully saturated rings. The summed E-state index contributed by atoms with van der Waals surface area (Å²) in [4.78, 5) is 4.33. The van der Waals surface area contributed by atoms with Gasteiger partial charge in [0.2, 0.25) is 0 Å². The molecule has 1 aromatic carbocycles. The minimum Gasteiger partial charge on any atom is -0.448 e. The Kier molecular flexibility index (Phi) is 3.21. The van der Waals surface area contributed by atoms with Gasteiger partial charge in [-0.1, -0.05) is 18.2 Å². The molecule has 0 aliphatic heterocycles. The molecule has 4 nitrogen and oxygen atoms in total. The van der Waals surface area contributed by atoms with Gasteiger partial charge in [0, 0.05) is 11.6 Å². The fourth-order valence-corrected chi connectivity index (χ4v) is 2.34. The number of hydrogen-bond acceptors (Lipinski definition) is 4. The zero-order valence-electron chi connectivity index (χ0n) is 10.0. The Labute approximate surface area is 115 Å². The van der Waals surface area contributed by atoms with Crippen LogP contribution in [0.25, 0.3) is 10.9 Å². The summed E-state index contributed by atoms with van der Waals surface area (Å²) in [5, 5.41) is 1.37. The first-order valence-electron chi connectivity index (χ1n) is 5.84. The van der Waals surface area contributed by atoms with E-state index in [-0.39, 0.29) is 6.04 Å². The number of rotatable bonds is 3. The summed E-state index contributed by atoms with van der Waals surface area (Å²) in [6.07, 6.45) is 1.76. The number of nitrogens with one attached hydrogen (secondary N) is 1. The van der Waals surface area contributed by atoms with Gasteiger partial charge in [-0.05, 0) is 41.4 Å². The zero-order chi connectivity index (χ0) is 13.2. The van der Waals surface area contributed by atoms with Gasteiger partial charge >= 0.3 is 0 Å². The predicted octanol–water partition coefficient (Wildman–Crippen LogP) is 3.03. The van der Waals surface area contributed by atoms with Crippen molar-refractivity contribution in [2.24, 2.45) is 5.84 Å². The maximum Gasteiger partial charge on any atom is 0.193 e. The van der Waals surface area contributed by atoms with E-state index in [1.807, 2.05) is 36.4 Å². The number of halogens is 1. The Morgan fingerprint density at radius 2 is 2.05 bits per heavy atom. The largest absolute Gasteiger partial charge is 0.448 e. The van der Waals surface area contributed by atoms with Crippen LogP contribution in [0.1, 0.15) is 17.4 Å². The molecule has 3 rings (SSSR count). The highest BCUT2D eigenvalue weighted by Crippen LogP contribution is 2.29. The van der Waals surface area contributed by atoms with E-state index in [4.69, 9.17) is 21.9 Å². The molecule has 0 bridgehead atoms. The van der Waals surface area contributed by atoms with Gasteiger partial charge in [-0.2, -0.15) is 0 Å². The van der Waals surface area contributed by atoms with Crippen LogP contribution in [-0.4, -0.2) is 4.98 Å². The van der Waals surface area contributed by atoms with Crippen molar-refractivity contribution in [2.45, 2.75) is 6.04 Å². The second-order valence-corrected chi connectivity index (χ2v) is 4.53. The van der Waals surface area contributed by atoms with Gasteiger partial charge in [0.1, 0.15) is 11.8 Å². The van der Waals surface area contributed by atoms with Crippen LogP contribution in [0.4, 0.5) is 0 Å². The Morgan fingerprint density at radius 1 is 1.16 bits per heavy atom. The number of benzene rings is 1. The molecule has 3 aromatic rings. The first-order chi connectivity index (χ1) is 9.29. The summed E-state index contributed by atoms with van der Waals surface area (Å²) in [5.74, 6) is 6.33. The number of nitrogens with two attached hydrogens (primary N) is 1. The molecule has 0 radical (unpaired) electrons. The lowest BCUT2D eigenvalue weighted by molar-refractivity contribution is 0.455. The van der Waals surface area contributed by atoms with E-state index in [1.165, 1.54) is 0 Å². The maximum atomic E-state index is 5.82. The molecule has 0 saturated carbocycles. The Balaban J connectivity index is 2.16. The van der Waals surface area contributed by atoms with Gasteiger partial charge in [0.15, 0.2) is 5.22 Å². The predicted molar refractivity (Wildman–Crippen MR) is 74.6 cm³/mol. The van der Waals surface area contributed by atoms with E-state index in [2.05, 4.69) is 10.4 Å². The standard InChI is InChI=1S/C14H12ClN3O/c15-13-7-6-12(19-13)14(18-16)10-3-1-5-11-9(10)4-2-8-17-11/h1-8,14,18H,16H2. The molecule has 96 valence electrons. The second kappa shape index (κ2) is 5.01. The van der Waals surface area contributed by atoms with Crippen molar-refractivity contribution in [1.82, 2.24) is 10.4 Å². The average Bonchev–Trinajstić information content (AvgIpc) is 2.86. The van der Waals surface area contributed by atoms with Crippen molar-refractivity contribution in [1.29, 1.82) is 0 Å². The topological polar surface area (TPSA) is 64.1 Å². The fourth-order valence-electron chi connectivity index (χ4n) is 2.19. The van der Waals surface area contributed by atoms with Gasteiger partial charge < -0.3 is 4.42 Å². The fraction of sp³-hybridized carbons (Fsp3) is 0.0714. The van der Waals surface area contributed by atoms with Crippen molar-refractivity contribution in [3.05, 3.63) is 65.2 Å². The molecule has 0 spiro atoms. The summed E-state index contributed by atoms with van der Waals surface area (Å²) >= 11 is 5.82. The van der Waals surface area contributed by atoms with Crippen LogP contribution in [0.15, 0.2) is 53.1 Å². The molecule has 2 heterocycles. The smallest absolute Gasteiger partial charge is 0.193 e. The summed E-state index contributed by atoms with van der Waals surface area (Å²) in [6.45, 7) is 0. The third kappa shape index (κ3) is 2.21. The molecule has 0 saturated heterocycles. The summed E-state index contributed by atoms with van der Waals surface area (Å²) in [6, 6.07) is 13.0. The number of hydrogen-bond donors (Lipinski definition) is 2. The normalized spacial score (nSPS) is 12.7. The van der Waals surface area contributed by atoms with Crippen molar-refractivity contribution in [2.75, 3.05) is 0 Å². The molecule has 1 unspecified atom stereocenters. The summed E-state index contributed by atoms with van der Waals surface area (Å²) < 4.78 is 5.44.